The first kappa shape index (κ1) is 9.02. The van der Waals surface area contributed by atoms with Gasteiger partial charge in [-0.1, -0.05) is 6.42 Å². The maximum absolute atomic E-state index is 9.10. The minimum Gasteiger partial charge on any atom is -0.363 e. The number of methoxy groups -OCH3 is 1. The fourth-order valence-electron chi connectivity index (χ4n) is 3.20. The predicted molar refractivity (Wildman–Crippen MR) is 50.0 cm³/mol. The summed E-state index contributed by atoms with van der Waals surface area (Å²) in [5, 5.41) is 9.10. The van der Waals surface area contributed by atoms with Crippen molar-refractivity contribution in [2.24, 2.45) is 17.8 Å². The van der Waals surface area contributed by atoms with Crippen molar-refractivity contribution in [3.05, 3.63) is 0 Å². The molecule has 2 aliphatic rings. The van der Waals surface area contributed by atoms with Crippen molar-refractivity contribution >= 4 is 0 Å². The lowest BCUT2D eigenvalue weighted by Gasteiger charge is -2.33. The summed E-state index contributed by atoms with van der Waals surface area (Å²) < 4.78 is 5.36. The molecule has 2 saturated carbocycles. The maximum Gasteiger partial charge on any atom is 0.154 e. The van der Waals surface area contributed by atoms with Crippen molar-refractivity contribution in [1.29, 1.82) is 5.26 Å². The Morgan fingerprint density at radius 2 is 2.15 bits per heavy atom. The normalized spacial score (nSPS) is 41.5. The quantitative estimate of drug-likeness (QED) is 0.652. The van der Waals surface area contributed by atoms with Gasteiger partial charge in [0, 0.05) is 13.0 Å². The van der Waals surface area contributed by atoms with Gasteiger partial charge in [-0.05, 0) is 38.0 Å². The van der Waals surface area contributed by atoms with E-state index in [0.29, 0.717) is 5.92 Å². The van der Waals surface area contributed by atoms with Crippen LogP contribution in [-0.2, 0) is 4.74 Å². The average Bonchev–Trinajstić information content (AvgIpc) is 2.77. The summed E-state index contributed by atoms with van der Waals surface area (Å²) in [6.45, 7) is 1.94. The second kappa shape index (κ2) is 2.99. The van der Waals surface area contributed by atoms with Gasteiger partial charge >= 0.3 is 0 Å². The van der Waals surface area contributed by atoms with Gasteiger partial charge in [-0.25, -0.2) is 0 Å². The second-order valence-corrected chi connectivity index (χ2v) is 4.70. The largest absolute Gasteiger partial charge is 0.363 e. The van der Waals surface area contributed by atoms with Gasteiger partial charge in [0.1, 0.15) is 0 Å². The van der Waals surface area contributed by atoms with E-state index in [1.807, 2.05) is 6.92 Å². The zero-order chi connectivity index (χ0) is 9.47. The molecule has 0 aromatic carbocycles. The molecule has 2 nitrogen and oxygen atoms in total. The first-order valence-electron chi connectivity index (χ1n) is 5.16. The molecular weight excluding hydrogens is 162 g/mol. The number of nitriles is 1. The van der Waals surface area contributed by atoms with E-state index >= 15 is 0 Å². The Morgan fingerprint density at radius 3 is 2.54 bits per heavy atom. The molecular formula is C11H17NO. The van der Waals surface area contributed by atoms with Crippen LogP contribution in [0.25, 0.3) is 0 Å². The maximum atomic E-state index is 9.10. The molecule has 0 N–H and O–H groups in total. The van der Waals surface area contributed by atoms with E-state index in [9.17, 15) is 0 Å². The molecule has 0 heterocycles. The zero-order valence-electron chi connectivity index (χ0n) is 8.42. The predicted octanol–water partition coefficient (Wildman–Crippen LogP) is 2.35. The molecule has 4 atom stereocenters. The van der Waals surface area contributed by atoms with Gasteiger partial charge in [-0.3, -0.25) is 0 Å². The smallest absolute Gasteiger partial charge is 0.154 e. The van der Waals surface area contributed by atoms with Gasteiger partial charge in [-0.15, -0.1) is 0 Å². The first-order chi connectivity index (χ1) is 6.19. The number of ether oxygens (including phenoxy) is 1. The number of fused-ring (bicyclic) bond motifs is 2. The third kappa shape index (κ3) is 1.26. The Balaban J connectivity index is 2.14. The Labute approximate surface area is 79.9 Å². The topological polar surface area (TPSA) is 33.0 Å². The van der Waals surface area contributed by atoms with Gasteiger partial charge in [0.25, 0.3) is 0 Å². The highest BCUT2D eigenvalue weighted by Gasteiger charge is 2.48. The Hall–Kier alpha value is -0.550. The molecule has 0 radical (unpaired) electrons. The molecule has 0 aromatic heterocycles. The van der Waals surface area contributed by atoms with E-state index in [1.54, 1.807) is 7.11 Å². The van der Waals surface area contributed by atoms with Crippen molar-refractivity contribution in [1.82, 2.24) is 0 Å². The van der Waals surface area contributed by atoms with E-state index in [1.165, 1.54) is 25.7 Å². The average molecular weight is 179 g/mol. The molecule has 72 valence electrons. The summed E-state index contributed by atoms with van der Waals surface area (Å²) in [5.74, 6) is 2.13. The van der Waals surface area contributed by atoms with E-state index in [2.05, 4.69) is 6.07 Å². The third-order valence-corrected chi connectivity index (χ3v) is 4.09. The fraction of sp³-hybridized carbons (Fsp3) is 0.909. The van der Waals surface area contributed by atoms with Crippen LogP contribution < -0.4 is 0 Å². The van der Waals surface area contributed by atoms with Crippen LogP contribution in [0.15, 0.2) is 0 Å². The van der Waals surface area contributed by atoms with Gasteiger partial charge in [0.2, 0.25) is 0 Å². The van der Waals surface area contributed by atoms with Crippen LogP contribution in [0.3, 0.4) is 0 Å². The summed E-state index contributed by atoms with van der Waals surface area (Å²) in [7, 11) is 1.66. The zero-order valence-corrected chi connectivity index (χ0v) is 8.42. The number of hydrogen-bond acceptors (Lipinski definition) is 2. The monoisotopic (exact) mass is 179 g/mol. The lowest BCUT2D eigenvalue weighted by Crippen LogP contribution is -2.38. The summed E-state index contributed by atoms with van der Waals surface area (Å²) in [4.78, 5) is 0. The van der Waals surface area contributed by atoms with Crippen LogP contribution in [0, 0.1) is 29.1 Å². The van der Waals surface area contributed by atoms with Gasteiger partial charge in [0.15, 0.2) is 5.60 Å². The minimum atomic E-state index is -0.528. The van der Waals surface area contributed by atoms with E-state index < -0.39 is 5.60 Å². The Bertz CT molecular complexity index is 245. The molecule has 4 unspecified atom stereocenters. The molecule has 0 spiro atoms. The molecule has 2 heteroatoms. The lowest BCUT2D eigenvalue weighted by molar-refractivity contribution is -0.0165. The molecule has 0 aliphatic heterocycles. The van der Waals surface area contributed by atoms with Gasteiger partial charge in [-0.2, -0.15) is 5.26 Å². The van der Waals surface area contributed by atoms with Crippen LogP contribution in [0.4, 0.5) is 0 Å². The number of nitrogens with zero attached hydrogens (tertiary/aromatic N) is 1. The highest BCUT2D eigenvalue weighted by atomic mass is 16.5. The standard InChI is InChI=1S/C11H17NO/c1-11(7-12,13-2)10-6-8-3-4-9(10)5-8/h8-10H,3-6H2,1-2H3. The summed E-state index contributed by atoms with van der Waals surface area (Å²) in [6.07, 6.45) is 5.25. The van der Waals surface area contributed by atoms with E-state index in [-0.39, 0.29) is 0 Å². The SMILES string of the molecule is COC(C)(C#N)C1CC2CCC1C2. The second-order valence-electron chi connectivity index (χ2n) is 4.70. The first-order valence-corrected chi connectivity index (χ1v) is 5.16. The number of hydrogen-bond donors (Lipinski definition) is 0. The van der Waals surface area contributed by atoms with Crippen molar-refractivity contribution in [2.45, 2.75) is 38.2 Å². The molecule has 0 saturated heterocycles. The van der Waals surface area contributed by atoms with E-state index in [4.69, 9.17) is 10.00 Å². The van der Waals surface area contributed by atoms with Crippen LogP contribution in [-0.4, -0.2) is 12.7 Å². The van der Waals surface area contributed by atoms with Crippen molar-refractivity contribution in [2.75, 3.05) is 7.11 Å². The van der Waals surface area contributed by atoms with Crippen LogP contribution >= 0.6 is 0 Å². The Kier molecular flexibility index (Phi) is 2.08. The highest BCUT2D eigenvalue weighted by Crippen LogP contribution is 2.52. The highest BCUT2D eigenvalue weighted by molar-refractivity contribution is 5.09. The lowest BCUT2D eigenvalue weighted by atomic mass is 9.78. The van der Waals surface area contributed by atoms with Crippen LogP contribution in [0.5, 0.6) is 0 Å². The van der Waals surface area contributed by atoms with Crippen LogP contribution in [0.1, 0.15) is 32.6 Å². The summed E-state index contributed by atoms with van der Waals surface area (Å²) in [5.41, 5.74) is -0.528. The molecule has 2 rings (SSSR count). The summed E-state index contributed by atoms with van der Waals surface area (Å²) in [6, 6.07) is 2.33. The van der Waals surface area contributed by atoms with Crippen molar-refractivity contribution in [3.63, 3.8) is 0 Å². The van der Waals surface area contributed by atoms with Crippen LogP contribution in [0.2, 0.25) is 0 Å². The molecule has 2 bridgehead atoms. The molecule has 2 fully saturated rings. The molecule has 0 amide bonds. The van der Waals surface area contributed by atoms with E-state index in [0.717, 1.165) is 11.8 Å². The van der Waals surface area contributed by atoms with Gasteiger partial charge < -0.3 is 4.74 Å². The minimum absolute atomic E-state index is 0.487. The fourth-order valence-corrected chi connectivity index (χ4v) is 3.20. The van der Waals surface area contributed by atoms with Crippen molar-refractivity contribution in [3.8, 4) is 6.07 Å². The third-order valence-electron chi connectivity index (χ3n) is 4.09. The molecule has 2 aliphatic carbocycles. The summed E-state index contributed by atoms with van der Waals surface area (Å²) >= 11 is 0. The van der Waals surface area contributed by atoms with Crippen molar-refractivity contribution < 1.29 is 4.74 Å². The Morgan fingerprint density at radius 1 is 1.38 bits per heavy atom. The molecule has 13 heavy (non-hydrogen) atoms. The van der Waals surface area contributed by atoms with Gasteiger partial charge in [0.05, 0.1) is 6.07 Å². The molecule has 0 aromatic rings. The number of rotatable bonds is 2.